The van der Waals surface area contributed by atoms with Gasteiger partial charge in [0.2, 0.25) is 0 Å². The normalized spacial score (nSPS) is 10.7. The molecule has 0 radical (unpaired) electrons. The minimum atomic E-state index is 0.536. The Kier molecular flexibility index (Phi) is 3.15. The molecule has 0 aliphatic carbocycles. The summed E-state index contributed by atoms with van der Waals surface area (Å²) < 4.78 is 12.3. The molecule has 3 aromatic rings. The van der Waals surface area contributed by atoms with Crippen LogP contribution in [0, 0.1) is 0 Å². The molecule has 0 bridgehead atoms. The number of aldehydes is 1. The monoisotopic (exact) mass is 288 g/mol. The lowest BCUT2D eigenvalue weighted by Gasteiger charge is -2.08. The zero-order valence-corrected chi connectivity index (χ0v) is 11.8. The molecule has 0 saturated heterocycles. The molecule has 0 unspecified atom stereocenters. The van der Waals surface area contributed by atoms with Crippen LogP contribution in [-0.4, -0.2) is 29.9 Å². The second-order valence-corrected chi connectivity index (χ2v) is 4.96. The predicted octanol–water partition coefficient (Wildman–Crippen LogP) is 2.89. The number of hydrogen-bond donors (Lipinski definition) is 0. The van der Waals surface area contributed by atoms with Gasteiger partial charge in [0.15, 0.2) is 22.7 Å². The van der Waals surface area contributed by atoms with Crippen LogP contribution in [0.5, 0.6) is 11.5 Å². The van der Waals surface area contributed by atoms with E-state index in [1.807, 2.05) is 23.7 Å². The van der Waals surface area contributed by atoms with Crippen molar-refractivity contribution < 1.29 is 14.3 Å². The van der Waals surface area contributed by atoms with Gasteiger partial charge in [0, 0.05) is 17.1 Å². The number of carbonyl (C=O) groups excluding carboxylic acids is 1. The molecule has 0 N–H and O–H groups in total. The van der Waals surface area contributed by atoms with Gasteiger partial charge in [-0.3, -0.25) is 9.20 Å². The van der Waals surface area contributed by atoms with Crippen molar-refractivity contribution in [1.29, 1.82) is 0 Å². The lowest BCUT2D eigenvalue weighted by Crippen LogP contribution is -1.93. The Morgan fingerprint density at radius 1 is 1.25 bits per heavy atom. The van der Waals surface area contributed by atoms with Gasteiger partial charge in [0.1, 0.15) is 11.4 Å². The molecule has 3 rings (SSSR count). The van der Waals surface area contributed by atoms with E-state index >= 15 is 0 Å². The summed E-state index contributed by atoms with van der Waals surface area (Å²) in [6, 6.07) is 5.48. The van der Waals surface area contributed by atoms with Crippen molar-refractivity contribution in [3.8, 4) is 22.8 Å². The summed E-state index contributed by atoms with van der Waals surface area (Å²) in [7, 11) is 3.16. The number of hydrogen-bond acceptors (Lipinski definition) is 5. The Labute approximate surface area is 119 Å². The number of fused-ring (bicyclic) bond motifs is 1. The average Bonchev–Trinajstić information content (AvgIpc) is 3.06. The van der Waals surface area contributed by atoms with Crippen molar-refractivity contribution in [1.82, 2.24) is 9.38 Å². The Bertz CT molecular complexity index is 776. The van der Waals surface area contributed by atoms with Gasteiger partial charge in [-0.05, 0) is 18.2 Å². The lowest BCUT2D eigenvalue weighted by molar-refractivity contribution is 0.111. The molecule has 0 amide bonds. The van der Waals surface area contributed by atoms with E-state index in [0.717, 1.165) is 16.8 Å². The lowest BCUT2D eigenvalue weighted by atomic mass is 10.1. The highest BCUT2D eigenvalue weighted by Gasteiger charge is 2.16. The maximum absolute atomic E-state index is 11.3. The molecule has 2 heterocycles. The number of benzene rings is 1. The smallest absolute Gasteiger partial charge is 0.194 e. The zero-order valence-electron chi connectivity index (χ0n) is 11.0. The first-order valence-electron chi connectivity index (χ1n) is 5.91. The minimum Gasteiger partial charge on any atom is -0.493 e. The molecular weight excluding hydrogens is 276 g/mol. The molecule has 6 heteroatoms. The Balaban J connectivity index is 2.19. The number of imidazole rings is 1. The first-order valence-corrected chi connectivity index (χ1v) is 6.79. The Hall–Kier alpha value is -2.34. The SMILES string of the molecule is COc1ccc(-c2nc3sccn3c2C=O)cc1OC. The van der Waals surface area contributed by atoms with Crippen LogP contribution >= 0.6 is 11.3 Å². The van der Waals surface area contributed by atoms with Crippen LogP contribution in [-0.2, 0) is 0 Å². The molecule has 0 saturated carbocycles. The van der Waals surface area contributed by atoms with Crippen molar-refractivity contribution in [2.45, 2.75) is 0 Å². The fraction of sp³-hybridized carbons (Fsp3) is 0.143. The average molecular weight is 288 g/mol. The Morgan fingerprint density at radius 3 is 2.75 bits per heavy atom. The quantitative estimate of drug-likeness (QED) is 0.693. The van der Waals surface area contributed by atoms with Crippen molar-refractivity contribution in [2.24, 2.45) is 0 Å². The second kappa shape index (κ2) is 4.97. The topological polar surface area (TPSA) is 52.8 Å². The number of aromatic nitrogens is 2. The number of rotatable bonds is 4. The molecule has 102 valence electrons. The molecular formula is C14H12N2O3S. The summed E-state index contributed by atoms with van der Waals surface area (Å²) in [4.78, 5) is 16.6. The number of carbonyl (C=O) groups is 1. The zero-order chi connectivity index (χ0) is 14.1. The first-order chi connectivity index (χ1) is 9.78. The van der Waals surface area contributed by atoms with E-state index < -0.39 is 0 Å². The fourth-order valence-corrected chi connectivity index (χ4v) is 2.83. The molecule has 0 fully saturated rings. The van der Waals surface area contributed by atoms with Gasteiger partial charge >= 0.3 is 0 Å². The molecule has 0 atom stereocenters. The number of ether oxygens (including phenoxy) is 2. The molecule has 0 aliphatic heterocycles. The molecule has 20 heavy (non-hydrogen) atoms. The largest absolute Gasteiger partial charge is 0.493 e. The predicted molar refractivity (Wildman–Crippen MR) is 77.0 cm³/mol. The number of nitrogens with zero attached hydrogens (tertiary/aromatic N) is 2. The van der Waals surface area contributed by atoms with Crippen molar-refractivity contribution in [3.63, 3.8) is 0 Å². The third-order valence-electron chi connectivity index (χ3n) is 3.07. The van der Waals surface area contributed by atoms with Crippen LogP contribution < -0.4 is 9.47 Å². The van der Waals surface area contributed by atoms with Crippen molar-refractivity contribution in [2.75, 3.05) is 14.2 Å². The summed E-state index contributed by atoms with van der Waals surface area (Å²) in [6.07, 6.45) is 2.65. The maximum Gasteiger partial charge on any atom is 0.194 e. The molecule has 0 spiro atoms. The second-order valence-electron chi connectivity index (χ2n) is 4.09. The van der Waals surface area contributed by atoms with E-state index in [2.05, 4.69) is 4.98 Å². The van der Waals surface area contributed by atoms with Gasteiger partial charge < -0.3 is 9.47 Å². The third kappa shape index (κ3) is 1.85. The highest BCUT2D eigenvalue weighted by atomic mass is 32.1. The van der Waals surface area contributed by atoms with Gasteiger partial charge in [-0.1, -0.05) is 0 Å². The van der Waals surface area contributed by atoms with Crippen LogP contribution in [0.4, 0.5) is 0 Å². The summed E-state index contributed by atoms with van der Waals surface area (Å²) >= 11 is 1.49. The standard InChI is InChI=1S/C14H12N2O3S/c1-18-11-4-3-9(7-12(11)19-2)13-10(8-17)16-5-6-20-14(16)15-13/h3-8H,1-2H3. The van der Waals surface area contributed by atoms with Gasteiger partial charge in [0.25, 0.3) is 0 Å². The number of thiazole rings is 1. The Morgan fingerprint density at radius 2 is 2.05 bits per heavy atom. The molecule has 2 aromatic heterocycles. The van der Waals surface area contributed by atoms with Crippen LogP contribution in [0.2, 0.25) is 0 Å². The van der Waals surface area contributed by atoms with Gasteiger partial charge in [0.05, 0.1) is 14.2 Å². The van der Waals surface area contributed by atoms with Crippen LogP contribution in [0.25, 0.3) is 16.2 Å². The van der Waals surface area contributed by atoms with E-state index in [1.165, 1.54) is 11.3 Å². The summed E-state index contributed by atoms with van der Waals surface area (Å²) in [6.45, 7) is 0. The first kappa shape index (κ1) is 12.7. The molecule has 1 aromatic carbocycles. The van der Waals surface area contributed by atoms with Gasteiger partial charge in [-0.15, -0.1) is 11.3 Å². The van der Waals surface area contributed by atoms with Gasteiger partial charge in [-0.2, -0.15) is 0 Å². The van der Waals surface area contributed by atoms with Crippen LogP contribution in [0.3, 0.4) is 0 Å². The van der Waals surface area contributed by atoms with E-state index in [4.69, 9.17) is 9.47 Å². The molecule has 5 nitrogen and oxygen atoms in total. The highest BCUT2D eigenvalue weighted by molar-refractivity contribution is 7.15. The number of methoxy groups -OCH3 is 2. The summed E-state index contributed by atoms with van der Waals surface area (Å²) in [5, 5.41) is 1.90. The van der Waals surface area contributed by atoms with E-state index in [1.54, 1.807) is 24.7 Å². The van der Waals surface area contributed by atoms with Crippen LogP contribution in [0.1, 0.15) is 10.5 Å². The van der Waals surface area contributed by atoms with Crippen molar-refractivity contribution >= 4 is 22.6 Å². The highest BCUT2D eigenvalue weighted by Crippen LogP contribution is 2.33. The van der Waals surface area contributed by atoms with Crippen LogP contribution in [0.15, 0.2) is 29.8 Å². The third-order valence-corrected chi connectivity index (χ3v) is 3.82. The summed E-state index contributed by atoms with van der Waals surface area (Å²) in [5.74, 6) is 1.25. The van der Waals surface area contributed by atoms with E-state index in [0.29, 0.717) is 22.9 Å². The minimum absolute atomic E-state index is 0.536. The molecule has 0 aliphatic rings. The van der Waals surface area contributed by atoms with Gasteiger partial charge in [-0.25, -0.2) is 4.98 Å². The van der Waals surface area contributed by atoms with Crippen molar-refractivity contribution in [3.05, 3.63) is 35.5 Å². The van der Waals surface area contributed by atoms with E-state index in [-0.39, 0.29) is 0 Å². The summed E-state index contributed by atoms with van der Waals surface area (Å²) in [5.41, 5.74) is 2.00. The fourth-order valence-electron chi connectivity index (χ4n) is 2.11. The van der Waals surface area contributed by atoms with E-state index in [9.17, 15) is 4.79 Å². The maximum atomic E-state index is 11.3.